The van der Waals surface area contributed by atoms with Gasteiger partial charge in [0.1, 0.15) is 16.9 Å². The second-order valence-electron chi connectivity index (χ2n) is 4.95. The van der Waals surface area contributed by atoms with Crippen LogP contribution in [0.3, 0.4) is 0 Å². The zero-order chi connectivity index (χ0) is 16.8. The molecule has 1 heterocycles. The third-order valence-corrected chi connectivity index (χ3v) is 4.75. The molecule has 1 aromatic carbocycles. The lowest BCUT2D eigenvalue weighted by Gasteiger charge is -2.24. The molecule has 0 aliphatic carbocycles. The van der Waals surface area contributed by atoms with Crippen molar-refractivity contribution in [2.24, 2.45) is 0 Å². The molecule has 126 valence electrons. The average molecular weight is 339 g/mol. The third-order valence-electron chi connectivity index (χ3n) is 3.49. The van der Waals surface area contributed by atoms with E-state index in [1.807, 2.05) is 12.1 Å². The van der Waals surface area contributed by atoms with Crippen molar-refractivity contribution in [3.63, 3.8) is 0 Å². The molecule has 1 unspecified atom stereocenters. The molecule has 6 nitrogen and oxygen atoms in total. The highest BCUT2D eigenvalue weighted by Crippen LogP contribution is 2.41. The number of amides is 1. The number of carbonyl (C=O) groups is 2. The van der Waals surface area contributed by atoms with Crippen molar-refractivity contribution in [2.75, 3.05) is 33.1 Å². The number of thioether (sulfide) groups is 1. The molecular formula is C16H21NO5S. The number of hydrogen-bond donors (Lipinski definition) is 0. The number of nitrogens with zero attached hydrogens (tertiary/aromatic N) is 1. The molecule has 0 saturated carbocycles. The van der Waals surface area contributed by atoms with Crippen LogP contribution in [0.5, 0.6) is 11.5 Å². The first-order valence-electron chi connectivity index (χ1n) is 7.38. The molecule has 1 fully saturated rings. The minimum Gasteiger partial charge on any atom is -0.497 e. The molecule has 0 radical (unpaired) electrons. The zero-order valence-electron chi connectivity index (χ0n) is 13.5. The Hall–Kier alpha value is -1.89. The van der Waals surface area contributed by atoms with Gasteiger partial charge in [0.05, 0.1) is 33.0 Å². The first kappa shape index (κ1) is 17.5. The molecule has 1 aliphatic rings. The first-order chi connectivity index (χ1) is 11.1. The number of benzene rings is 1. The summed E-state index contributed by atoms with van der Waals surface area (Å²) in [6.45, 7) is 2.45. The molecule has 23 heavy (non-hydrogen) atoms. The molecular weight excluding hydrogens is 318 g/mol. The fraction of sp³-hybridized carbons (Fsp3) is 0.500. The van der Waals surface area contributed by atoms with Crippen molar-refractivity contribution in [1.82, 2.24) is 4.90 Å². The van der Waals surface area contributed by atoms with E-state index in [1.165, 1.54) is 11.8 Å². The van der Waals surface area contributed by atoms with E-state index in [1.54, 1.807) is 32.1 Å². The first-order valence-corrected chi connectivity index (χ1v) is 8.43. The minimum atomic E-state index is -0.292. The van der Waals surface area contributed by atoms with E-state index < -0.39 is 0 Å². The highest BCUT2D eigenvalue weighted by Gasteiger charge is 2.33. The Morgan fingerprint density at radius 1 is 1.26 bits per heavy atom. The topological polar surface area (TPSA) is 65.1 Å². The molecule has 1 atom stereocenters. The van der Waals surface area contributed by atoms with Crippen LogP contribution in [0.4, 0.5) is 0 Å². The predicted octanol–water partition coefficient (Wildman–Crippen LogP) is 2.23. The summed E-state index contributed by atoms with van der Waals surface area (Å²) in [5.74, 6) is 1.46. The van der Waals surface area contributed by atoms with Crippen LogP contribution in [0.15, 0.2) is 18.2 Å². The van der Waals surface area contributed by atoms with Crippen LogP contribution in [-0.4, -0.2) is 49.9 Å². The van der Waals surface area contributed by atoms with Crippen LogP contribution < -0.4 is 9.47 Å². The molecule has 1 aromatic rings. The number of rotatable bonds is 7. The van der Waals surface area contributed by atoms with Gasteiger partial charge in [-0.05, 0) is 24.6 Å². The lowest BCUT2D eigenvalue weighted by Crippen LogP contribution is -2.30. The molecule has 0 N–H and O–H groups in total. The van der Waals surface area contributed by atoms with Gasteiger partial charge in [0.15, 0.2) is 0 Å². The molecule has 0 spiro atoms. The van der Waals surface area contributed by atoms with E-state index in [0.29, 0.717) is 30.4 Å². The standard InChI is InChI=1S/C16H21NO5S/c1-4-22-15(19)5-6-17-14(18)10-23-16(17)11-7-12(20-2)9-13(8-11)21-3/h7-9,16H,4-6,10H2,1-3H3. The van der Waals surface area contributed by atoms with Gasteiger partial charge in [-0.1, -0.05) is 0 Å². The van der Waals surface area contributed by atoms with Crippen LogP contribution in [0.2, 0.25) is 0 Å². The maximum atomic E-state index is 12.1. The van der Waals surface area contributed by atoms with Crippen LogP contribution in [0.1, 0.15) is 24.3 Å². The third kappa shape index (κ3) is 4.31. The van der Waals surface area contributed by atoms with Crippen LogP contribution in [0.25, 0.3) is 0 Å². The predicted molar refractivity (Wildman–Crippen MR) is 87.7 cm³/mol. The lowest BCUT2D eigenvalue weighted by molar-refractivity contribution is -0.143. The van der Waals surface area contributed by atoms with Crippen molar-refractivity contribution in [1.29, 1.82) is 0 Å². The second-order valence-corrected chi connectivity index (χ2v) is 6.02. The average Bonchev–Trinajstić information content (AvgIpc) is 2.93. The summed E-state index contributed by atoms with van der Waals surface area (Å²) in [5, 5.41) is -0.152. The van der Waals surface area contributed by atoms with E-state index in [0.717, 1.165) is 5.56 Å². The Kier molecular flexibility index (Phi) is 6.15. The highest BCUT2D eigenvalue weighted by molar-refractivity contribution is 8.00. The Morgan fingerprint density at radius 2 is 1.91 bits per heavy atom. The highest BCUT2D eigenvalue weighted by atomic mass is 32.2. The number of carbonyl (C=O) groups excluding carboxylic acids is 2. The SMILES string of the molecule is CCOC(=O)CCN1C(=O)CSC1c1cc(OC)cc(OC)c1. The smallest absolute Gasteiger partial charge is 0.307 e. The van der Waals surface area contributed by atoms with Gasteiger partial charge in [-0.15, -0.1) is 11.8 Å². The van der Waals surface area contributed by atoms with Gasteiger partial charge in [0.2, 0.25) is 5.91 Å². The van der Waals surface area contributed by atoms with E-state index >= 15 is 0 Å². The van der Waals surface area contributed by atoms with Crippen molar-refractivity contribution in [3.05, 3.63) is 23.8 Å². The maximum Gasteiger partial charge on any atom is 0.307 e. The molecule has 2 rings (SSSR count). The van der Waals surface area contributed by atoms with Gasteiger partial charge in [0, 0.05) is 12.6 Å². The number of ether oxygens (including phenoxy) is 3. The summed E-state index contributed by atoms with van der Waals surface area (Å²) in [5.41, 5.74) is 0.918. The normalized spacial score (nSPS) is 17.3. The molecule has 0 aromatic heterocycles. The Bertz CT molecular complexity index is 555. The Labute approximate surface area is 140 Å². The van der Waals surface area contributed by atoms with Gasteiger partial charge in [-0.3, -0.25) is 9.59 Å². The quantitative estimate of drug-likeness (QED) is 0.710. The van der Waals surface area contributed by atoms with Gasteiger partial charge in [-0.2, -0.15) is 0 Å². The Morgan fingerprint density at radius 3 is 2.48 bits per heavy atom. The second kappa shape index (κ2) is 8.10. The van der Waals surface area contributed by atoms with Crippen LogP contribution >= 0.6 is 11.8 Å². The largest absolute Gasteiger partial charge is 0.497 e. The van der Waals surface area contributed by atoms with Crippen LogP contribution in [-0.2, 0) is 14.3 Å². The minimum absolute atomic E-state index is 0.0195. The summed E-state index contributed by atoms with van der Waals surface area (Å²) in [7, 11) is 3.17. The molecule has 7 heteroatoms. The van der Waals surface area contributed by atoms with Gasteiger partial charge < -0.3 is 19.1 Å². The molecule has 1 aliphatic heterocycles. The van der Waals surface area contributed by atoms with Gasteiger partial charge in [0.25, 0.3) is 0 Å². The zero-order valence-corrected chi connectivity index (χ0v) is 14.4. The summed E-state index contributed by atoms with van der Waals surface area (Å²) < 4.78 is 15.5. The number of methoxy groups -OCH3 is 2. The number of esters is 1. The van der Waals surface area contributed by atoms with E-state index in [-0.39, 0.29) is 23.7 Å². The summed E-state index contributed by atoms with van der Waals surface area (Å²) >= 11 is 1.53. The van der Waals surface area contributed by atoms with Crippen LogP contribution in [0, 0.1) is 0 Å². The van der Waals surface area contributed by atoms with Crippen molar-refractivity contribution >= 4 is 23.6 Å². The van der Waals surface area contributed by atoms with Crippen molar-refractivity contribution in [3.8, 4) is 11.5 Å². The molecule has 1 saturated heterocycles. The monoisotopic (exact) mass is 339 g/mol. The van der Waals surface area contributed by atoms with Crippen molar-refractivity contribution in [2.45, 2.75) is 18.7 Å². The van der Waals surface area contributed by atoms with Crippen molar-refractivity contribution < 1.29 is 23.8 Å². The Balaban J connectivity index is 2.16. The van der Waals surface area contributed by atoms with Gasteiger partial charge >= 0.3 is 5.97 Å². The maximum absolute atomic E-state index is 12.1. The fourth-order valence-electron chi connectivity index (χ4n) is 2.39. The van der Waals surface area contributed by atoms with E-state index in [4.69, 9.17) is 14.2 Å². The lowest BCUT2D eigenvalue weighted by atomic mass is 10.1. The molecule has 1 amide bonds. The van der Waals surface area contributed by atoms with E-state index in [2.05, 4.69) is 0 Å². The summed E-state index contributed by atoms with van der Waals surface area (Å²) in [6, 6.07) is 5.56. The van der Waals surface area contributed by atoms with Gasteiger partial charge in [-0.25, -0.2) is 0 Å². The summed E-state index contributed by atoms with van der Waals surface area (Å²) in [6.07, 6.45) is 0.192. The van der Waals surface area contributed by atoms with E-state index in [9.17, 15) is 9.59 Å². The fourth-order valence-corrected chi connectivity index (χ4v) is 3.59. The summed E-state index contributed by atoms with van der Waals surface area (Å²) in [4.78, 5) is 25.4. The number of hydrogen-bond acceptors (Lipinski definition) is 6. The molecule has 0 bridgehead atoms.